The molecule has 1 unspecified atom stereocenters. The van der Waals surface area contributed by atoms with Crippen molar-refractivity contribution in [3.8, 4) is 0 Å². The highest BCUT2D eigenvalue weighted by atomic mass is 16.5. The van der Waals surface area contributed by atoms with E-state index >= 15 is 0 Å². The van der Waals surface area contributed by atoms with Crippen LogP contribution in [0.1, 0.15) is 43.5 Å². The highest BCUT2D eigenvalue weighted by molar-refractivity contribution is 5.19. The van der Waals surface area contributed by atoms with Gasteiger partial charge in [-0.05, 0) is 31.3 Å². The van der Waals surface area contributed by atoms with Crippen LogP contribution in [0, 0.1) is 0 Å². The molecule has 4 heteroatoms. The van der Waals surface area contributed by atoms with E-state index in [-0.39, 0.29) is 0 Å². The van der Waals surface area contributed by atoms with Crippen molar-refractivity contribution in [3.63, 3.8) is 0 Å². The van der Waals surface area contributed by atoms with Crippen LogP contribution in [0.5, 0.6) is 0 Å². The SMILES string of the molecule is OC(C1=COCCC1)c1cncn1C1CC1. The summed E-state index contributed by atoms with van der Waals surface area (Å²) in [5, 5.41) is 10.3. The quantitative estimate of drug-likeness (QED) is 0.846. The molecule has 0 saturated heterocycles. The van der Waals surface area contributed by atoms with Crippen molar-refractivity contribution in [2.24, 2.45) is 0 Å². The van der Waals surface area contributed by atoms with Crippen LogP contribution in [0.3, 0.4) is 0 Å². The highest BCUT2D eigenvalue weighted by Crippen LogP contribution is 2.38. The summed E-state index contributed by atoms with van der Waals surface area (Å²) in [4.78, 5) is 4.13. The Balaban J connectivity index is 1.84. The van der Waals surface area contributed by atoms with E-state index in [0.717, 1.165) is 30.7 Å². The lowest BCUT2D eigenvalue weighted by Crippen LogP contribution is -2.11. The number of aliphatic hydroxyl groups is 1. The summed E-state index contributed by atoms with van der Waals surface area (Å²) in [7, 11) is 0. The van der Waals surface area contributed by atoms with Crippen LogP contribution in [0.25, 0.3) is 0 Å². The van der Waals surface area contributed by atoms with Gasteiger partial charge in [0.15, 0.2) is 0 Å². The van der Waals surface area contributed by atoms with E-state index in [4.69, 9.17) is 4.74 Å². The van der Waals surface area contributed by atoms with Gasteiger partial charge in [0.25, 0.3) is 0 Å². The fraction of sp³-hybridized carbons (Fsp3) is 0.583. The molecule has 1 saturated carbocycles. The Labute approximate surface area is 94.6 Å². The summed E-state index contributed by atoms with van der Waals surface area (Å²) < 4.78 is 7.36. The van der Waals surface area contributed by atoms with Crippen LogP contribution in [0.15, 0.2) is 24.4 Å². The molecule has 3 rings (SSSR count). The minimum absolute atomic E-state index is 0.552. The Morgan fingerprint density at radius 1 is 1.50 bits per heavy atom. The summed E-state index contributed by atoms with van der Waals surface area (Å²) in [6.45, 7) is 0.762. The third-order valence-electron chi connectivity index (χ3n) is 3.23. The van der Waals surface area contributed by atoms with Gasteiger partial charge in [0.1, 0.15) is 6.10 Å². The van der Waals surface area contributed by atoms with Gasteiger partial charge in [-0.15, -0.1) is 0 Å². The lowest BCUT2D eigenvalue weighted by atomic mass is 10.0. The lowest BCUT2D eigenvalue weighted by Gasteiger charge is -2.19. The molecule has 1 aliphatic carbocycles. The van der Waals surface area contributed by atoms with E-state index in [9.17, 15) is 5.11 Å². The van der Waals surface area contributed by atoms with Gasteiger partial charge >= 0.3 is 0 Å². The maximum Gasteiger partial charge on any atom is 0.120 e. The molecule has 0 amide bonds. The number of aromatic nitrogens is 2. The zero-order valence-corrected chi connectivity index (χ0v) is 9.17. The van der Waals surface area contributed by atoms with Crippen molar-refractivity contribution in [1.29, 1.82) is 0 Å². The summed E-state index contributed by atoms with van der Waals surface area (Å²) in [5.74, 6) is 0. The number of ether oxygens (including phenoxy) is 1. The second-order valence-corrected chi connectivity index (χ2v) is 4.53. The van der Waals surface area contributed by atoms with Crippen molar-refractivity contribution in [1.82, 2.24) is 9.55 Å². The molecule has 0 aromatic carbocycles. The predicted molar refractivity (Wildman–Crippen MR) is 58.7 cm³/mol. The first-order valence-electron chi connectivity index (χ1n) is 5.86. The fourth-order valence-electron chi connectivity index (χ4n) is 2.16. The number of hydrogen-bond donors (Lipinski definition) is 1. The minimum atomic E-state index is -0.552. The van der Waals surface area contributed by atoms with Crippen molar-refractivity contribution >= 4 is 0 Å². The molecule has 1 aromatic rings. The predicted octanol–water partition coefficient (Wildman–Crippen LogP) is 1.95. The molecule has 0 bridgehead atoms. The molecule has 1 aliphatic heterocycles. The van der Waals surface area contributed by atoms with E-state index in [1.54, 1.807) is 12.5 Å². The van der Waals surface area contributed by atoms with Crippen molar-refractivity contribution in [3.05, 3.63) is 30.1 Å². The summed E-state index contributed by atoms with van der Waals surface area (Å²) in [6, 6.07) is 0.553. The first-order valence-corrected chi connectivity index (χ1v) is 5.86. The van der Waals surface area contributed by atoms with Gasteiger partial charge in [0.05, 0.1) is 31.1 Å². The largest absolute Gasteiger partial charge is 0.501 e. The summed E-state index contributed by atoms with van der Waals surface area (Å²) in [5.41, 5.74) is 1.87. The monoisotopic (exact) mass is 220 g/mol. The number of aliphatic hydroxyl groups excluding tert-OH is 1. The number of rotatable bonds is 3. The van der Waals surface area contributed by atoms with Crippen molar-refractivity contribution in [2.45, 2.75) is 37.8 Å². The average molecular weight is 220 g/mol. The minimum Gasteiger partial charge on any atom is -0.501 e. The number of hydrogen-bond acceptors (Lipinski definition) is 3. The summed E-state index contributed by atoms with van der Waals surface area (Å²) in [6.07, 6.45) is 9.04. The molecular formula is C12H16N2O2. The first-order chi connectivity index (χ1) is 7.86. The van der Waals surface area contributed by atoms with E-state index in [1.165, 1.54) is 12.8 Å². The molecule has 4 nitrogen and oxygen atoms in total. The maximum absolute atomic E-state index is 10.3. The highest BCUT2D eigenvalue weighted by Gasteiger charge is 2.28. The zero-order chi connectivity index (χ0) is 11.0. The molecule has 1 N–H and O–H groups in total. The fourth-order valence-corrected chi connectivity index (χ4v) is 2.16. The molecule has 1 aromatic heterocycles. The Kier molecular flexibility index (Phi) is 2.44. The third kappa shape index (κ3) is 1.73. The van der Waals surface area contributed by atoms with Gasteiger partial charge in [-0.3, -0.25) is 0 Å². The Morgan fingerprint density at radius 2 is 2.38 bits per heavy atom. The second-order valence-electron chi connectivity index (χ2n) is 4.53. The van der Waals surface area contributed by atoms with Gasteiger partial charge in [0, 0.05) is 6.04 Å². The lowest BCUT2D eigenvalue weighted by molar-refractivity contribution is 0.164. The van der Waals surface area contributed by atoms with Gasteiger partial charge in [-0.25, -0.2) is 4.98 Å². The molecule has 1 fully saturated rings. The van der Waals surface area contributed by atoms with Gasteiger partial charge in [-0.2, -0.15) is 0 Å². The Bertz CT molecular complexity index is 407. The van der Waals surface area contributed by atoms with Crippen LogP contribution in [0.4, 0.5) is 0 Å². The molecule has 16 heavy (non-hydrogen) atoms. The summed E-state index contributed by atoms with van der Waals surface area (Å²) >= 11 is 0. The standard InChI is InChI=1S/C12H16N2O2/c15-12(9-2-1-5-16-7-9)11-6-13-8-14(11)10-3-4-10/h6-8,10,12,15H,1-5H2. The van der Waals surface area contributed by atoms with Crippen LogP contribution < -0.4 is 0 Å². The molecular weight excluding hydrogens is 204 g/mol. The van der Waals surface area contributed by atoms with Gasteiger partial charge in [-0.1, -0.05) is 0 Å². The van der Waals surface area contributed by atoms with Crippen molar-refractivity contribution < 1.29 is 9.84 Å². The van der Waals surface area contributed by atoms with E-state index in [2.05, 4.69) is 9.55 Å². The van der Waals surface area contributed by atoms with Crippen LogP contribution in [-0.4, -0.2) is 21.3 Å². The number of imidazole rings is 1. The van der Waals surface area contributed by atoms with E-state index < -0.39 is 6.10 Å². The Morgan fingerprint density at radius 3 is 3.06 bits per heavy atom. The molecule has 0 radical (unpaired) electrons. The van der Waals surface area contributed by atoms with Crippen LogP contribution in [0.2, 0.25) is 0 Å². The first kappa shape index (κ1) is 9.90. The average Bonchev–Trinajstić information content (AvgIpc) is 3.07. The smallest absolute Gasteiger partial charge is 0.120 e. The van der Waals surface area contributed by atoms with Crippen molar-refractivity contribution in [2.75, 3.05) is 6.61 Å². The molecule has 1 atom stereocenters. The molecule has 86 valence electrons. The number of nitrogens with zero attached hydrogens (tertiary/aromatic N) is 2. The van der Waals surface area contributed by atoms with E-state index in [0.29, 0.717) is 6.04 Å². The Hall–Kier alpha value is -1.29. The molecule has 0 spiro atoms. The van der Waals surface area contributed by atoms with Gasteiger partial charge < -0.3 is 14.4 Å². The zero-order valence-electron chi connectivity index (χ0n) is 9.17. The topological polar surface area (TPSA) is 47.3 Å². The van der Waals surface area contributed by atoms with Crippen LogP contribution >= 0.6 is 0 Å². The maximum atomic E-state index is 10.3. The van der Waals surface area contributed by atoms with Gasteiger partial charge in [0.2, 0.25) is 0 Å². The molecule has 2 heterocycles. The normalized spacial score (nSPS) is 22.4. The molecule has 2 aliphatic rings. The van der Waals surface area contributed by atoms with Crippen LogP contribution in [-0.2, 0) is 4.74 Å². The third-order valence-corrected chi connectivity index (χ3v) is 3.23. The second kappa shape index (κ2) is 3.94. The van der Waals surface area contributed by atoms with E-state index in [1.807, 2.05) is 6.33 Å².